The number of rotatable bonds is 3. The van der Waals surface area contributed by atoms with Crippen molar-refractivity contribution in [2.24, 2.45) is 5.73 Å². The molecule has 0 bridgehead atoms. The van der Waals surface area contributed by atoms with Crippen LogP contribution in [0.4, 0.5) is 0 Å². The first kappa shape index (κ1) is 12.2. The molecule has 0 aliphatic carbocycles. The zero-order chi connectivity index (χ0) is 13.2. The number of carbonyl (C=O) groups excluding carboxylic acids is 1. The molecule has 1 amide bonds. The van der Waals surface area contributed by atoms with Gasteiger partial charge in [-0.15, -0.1) is 0 Å². The number of fused-ring (bicyclic) bond motifs is 1. The number of aromatic nitrogens is 1. The highest BCUT2D eigenvalue weighted by Gasteiger charge is 2.25. The van der Waals surface area contributed by atoms with Crippen molar-refractivity contribution in [3.05, 3.63) is 36.0 Å². The second-order valence-electron chi connectivity index (χ2n) is 4.80. The van der Waals surface area contributed by atoms with Crippen molar-refractivity contribution in [3.63, 3.8) is 0 Å². The van der Waals surface area contributed by atoms with Gasteiger partial charge in [-0.05, 0) is 11.6 Å². The molecule has 1 unspecified atom stereocenters. The van der Waals surface area contributed by atoms with E-state index >= 15 is 0 Å². The molecule has 2 heterocycles. The fourth-order valence-electron chi connectivity index (χ4n) is 2.44. The number of ether oxygens (including phenoxy) is 1. The molecule has 5 nitrogen and oxygen atoms in total. The van der Waals surface area contributed by atoms with Gasteiger partial charge in [-0.1, -0.05) is 18.2 Å². The number of nitrogens with zero attached hydrogens (tertiary/aromatic N) is 1. The molecule has 5 heteroatoms. The Bertz CT molecular complexity index is 593. The number of H-pyrrole nitrogens is 1. The number of aromatic amines is 1. The summed E-state index contributed by atoms with van der Waals surface area (Å²) in [4.78, 5) is 16.9. The number of benzene rings is 1. The summed E-state index contributed by atoms with van der Waals surface area (Å²) < 4.78 is 5.35. The van der Waals surface area contributed by atoms with Crippen molar-refractivity contribution in [1.29, 1.82) is 0 Å². The van der Waals surface area contributed by atoms with E-state index in [1.807, 2.05) is 29.3 Å². The number of hydrogen-bond acceptors (Lipinski definition) is 3. The van der Waals surface area contributed by atoms with Crippen LogP contribution in [0.3, 0.4) is 0 Å². The predicted molar refractivity (Wildman–Crippen MR) is 72.5 cm³/mol. The standard InChI is InChI=1S/C14H17N3O2/c15-5-11-8-17(14(18)9-19-11)7-10-6-16-13-4-2-1-3-12(10)13/h1-4,6,11,16H,5,7-9,15H2. The van der Waals surface area contributed by atoms with Gasteiger partial charge in [-0.3, -0.25) is 4.79 Å². The van der Waals surface area contributed by atoms with Gasteiger partial charge < -0.3 is 20.4 Å². The van der Waals surface area contributed by atoms with E-state index in [1.54, 1.807) is 0 Å². The van der Waals surface area contributed by atoms with Crippen molar-refractivity contribution >= 4 is 16.8 Å². The second kappa shape index (κ2) is 5.03. The van der Waals surface area contributed by atoms with Crippen molar-refractivity contribution < 1.29 is 9.53 Å². The minimum atomic E-state index is -0.0529. The summed E-state index contributed by atoms with van der Waals surface area (Å²) in [6, 6.07) is 8.09. The van der Waals surface area contributed by atoms with Crippen molar-refractivity contribution in [3.8, 4) is 0 Å². The van der Waals surface area contributed by atoms with Crippen LogP contribution in [-0.2, 0) is 16.1 Å². The number of morpholine rings is 1. The molecule has 1 aromatic carbocycles. The van der Waals surface area contributed by atoms with Gasteiger partial charge in [0.15, 0.2) is 0 Å². The van der Waals surface area contributed by atoms with Crippen LogP contribution >= 0.6 is 0 Å². The van der Waals surface area contributed by atoms with Crippen LogP contribution in [-0.4, -0.2) is 41.6 Å². The Morgan fingerprint density at radius 2 is 2.26 bits per heavy atom. The molecule has 0 saturated carbocycles. The number of amides is 1. The lowest BCUT2D eigenvalue weighted by Crippen LogP contribution is -2.48. The molecule has 1 saturated heterocycles. The number of hydrogen-bond donors (Lipinski definition) is 2. The Hall–Kier alpha value is -1.85. The maximum Gasteiger partial charge on any atom is 0.248 e. The van der Waals surface area contributed by atoms with Gasteiger partial charge >= 0.3 is 0 Å². The summed E-state index contributed by atoms with van der Waals surface area (Å²) in [5.74, 6) is 0.0231. The van der Waals surface area contributed by atoms with E-state index in [9.17, 15) is 4.79 Å². The lowest BCUT2D eigenvalue weighted by Gasteiger charge is -2.32. The first-order valence-electron chi connectivity index (χ1n) is 6.42. The molecule has 0 radical (unpaired) electrons. The van der Waals surface area contributed by atoms with Crippen molar-refractivity contribution in [2.75, 3.05) is 19.7 Å². The average molecular weight is 259 g/mol. The van der Waals surface area contributed by atoms with Gasteiger partial charge in [-0.25, -0.2) is 0 Å². The van der Waals surface area contributed by atoms with E-state index in [-0.39, 0.29) is 18.6 Å². The van der Waals surface area contributed by atoms with E-state index in [2.05, 4.69) is 11.1 Å². The number of para-hydroxylation sites is 1. The molecule has 19 heavy (non-hydrogen) atoms. The molecular weight excluding hydrogens is 242 g/mol. The molecule has 3 rings (SSSR count). The third kappa shape index (κ3) is 2.34. The zero-order valence-electron chi connectivity index (χ0n) is 10.6. The number of nitrogens with two attached hydrogens (primary N) is 1. The molecule has 100 valence electrons. The van der Waals surface area contributed by atoms with Crippen LogP contribution in [0.15, 0.2) is 30.5 Å². The number of nitrogens with one attached hydrogen (secondary N) is 1. The first-order valence-corrected chi connectivity index (χ1v) is 6.42. The van der Waals surface area contributed by atoms with Crippen LogP contribution in [0.1, 0.15) is 5.56 Å². The summed E-state index contributed by atoms with van der Waals surface area (Å²) >= 11 is 0. The summed E-state index contributed by atoms with van der Waals surface area (Å²) in [5.41, 5.74) is 7.82. The van der Waals surface area contributed by atoms with Gasteiger partial charge in [0.1, 0.15) is 6.61 Å². The van der Waals surface area contributed by atoms with Crippen LogP contribution in [0.25, 0.3) is 10.9 Å². The van der Waals surface area contributed by atoms with Crippen LogP contribution < -0.4 is 5.73 Å². The Kier molecular flexibility index (Phi) is 3.23. The minimum absolute atomic E-state index is 0.0231. The van der Waals surface area contributed by atoms with E-state index in [1.165, 1.54) is 0 Å². The first-order chi connectivity index (χ1) is 9.28. The third-order valence-corrected chi connectivity index (χ3v) is 3.52. The van der Waals surface area contributed by atoms with E-state index in [4.69, 9.17) is 10.5 Å². The smallest absolute Gasteiger partial charge is 0.248 e. The predicted octanol–water partition coefficient (Wildman–Crippen LogP) is 0.854. The van der Waals surface area contributed by atoms with Crippen LogP contribution in [0.5, 0.6) is 0 Å². The average Bonchev–Trinajstić information content (AvgIpc) is 2.85. The topological polar surface area (TPSA) is 71.3 Å². The molecule has 2 aromatic rings. The SMILES string of the molecule is NCC1CN(Cc2c[nH]c3ccccc23)C(=O)CO1. The molecule has 1 aromatic heterocycles. The Labute approximate surface area is 111 Å². The normalized spacial score (nSPS) is 20.2. The second-order valence-corrected chi connectivity index (χ2v) is 4.80. The van der Waals surface area contributed by atoms with Gasteiger partial charge in [0.25, 0.3) is 0 Å². The highest BCUT2D eigenvalue weighted by Crippen LogP contribution is 2.20. The Morgan fingerprint density at radius 1 is 1.42 bits per heavy atom. The fourth-order valence-corrected chi connectivity index (χ4v) is 2.44. The largest absolute Gasteiger partial charge is 0.365 e. The van der Waals surface area contributed by atoms with Gasteiger partial charge in [-0.2, -0.15) is 0 Å². The molecule has 1 atom stereocenters. The summed E-state index contributed by atoms with van der Waals surface area (Å²) in [7, 11) is 0. The summed E-state index contributed by atoms with van der Waals surface area (Å²) in [6.07, 6.45) is 1.91. The third-order valence-electron chi connectivity index (χ3n) is 3.52. The maximum absolute atomic E-state index is 11.9. The Balaban J connectivity index is 1.82. The molecular formula is C14H17N3O2. The van der Waals surface area contributed by atoms with Gasteiger partial charge in [0.2, 0.25) is 5.91 Å². The van der Waals surface area contributed by atoms with Crippen molar-refractivity contribution in [1.82, 2.24) is 9.88 Å². The molecule has 3 N–H and O–H groups in total. The van der Waals surface area contributed by atoms with Crippen molar-refractivity contribution in [2.45, 2.75) is 12.6 Å². The van der Waals surface area contributed by atoms with E-state index in [0.29, 0.717) is 19.6 Å². The van der Waals surface area contributed by atoms with E-state index < -0.39 is 0 Å². The van der Waals surface area contributed by atoms with Crippen LogP contribution in [0.2, 0.25) is 0 Å². The Morgan fingerprint density at radius 3 is 3.11 bits per heavy atom. The maximum atomic E-state index is 11.9. The van der Waals surface area contributed by atoms with Gasteiger partial charge in [0.05, 0.1) is 6.10 Å². The fraction of sp³-hybridized carbons (Fsp3) is 0.357. The van der Waals surface area contributed by atoms with Gasteiger partial charge in [0, 0.05) is 36.7 Å². The van der Waals surface area contributed by atoms with Crippen LogP contribution in [0, 0.1) is 0 Å². The zero-order valence-corrected chi connectivity index (χ0v) is 10.6. The monoisotopic (exact) mass is 259 g/mol. The van der Waals surface area contributed by atoms with E-state index in [0.717, 1.165) is 16.5 Å². The molecule has 1 aliphatic heterocycles. The molecule has 0 spiro atoms. The highest BCUT2D eigenvalue weighted by atomic mass is 16.5. The highest BCUT2D eigenvalue weighted by molar-refractivity contribution is 5.84. The summed E-state index contributed by atoms with van der Waals surface area (Å²) in [6.45, 7) is 1.74. The summed E-state index contributed by atoms with van der Waals surface area (Å²) in [5, 5.41) is 1.16. The molecule has 1 fully saturated rings. The molecule has 1 aliphatic rings. The quantitative estimate of drug-likeness (QED) is 0.858. The lowest BCUT2D eigenvalue weighted by atomic mass is 10.1. The minimum Gasteiger partial charge on any atom is -0.365 e. The number of carbonyl (C=O) groups is 1. The lowest BCUT2D eigenvalue weighted by molar-refractivity contribution is -0.149.